The molecule has 5 rings (SSSR count). The molecule has 0 radical (unpaired) electrons. The van der Waals surface area contributed by atoms with Gasteiger partial charge in [0, 0.05) is 11.7 Å². The third-order valence-corrected chi connectivity index (χ3v) is 8.47. The van der Waals surface area contributed by atoms with E-state index in [1.807, 2.05) is 12.1 Å². The van der Waals surface area contributed by atoms with Crippen LogP contribution in [-0.4, -0.2) is 28.7 Å². The number of likely N-dealkylation sites (tertiary alicyclic amines) is 1. The normalized spacial score (nSPS) is 22.0. The van der Waals surface area contributed by atoms with Gasteiger partial charge in [-0.1, -0.05) is 18.2 Å². The predicted molar refractivity (Wildman–Crippen MR) is 123 cm³/mol. The summed E-state index contributed by atoms with van der Waals surface area (Å²) >= 11 is 0. The van der Waals surface area contributed by atoms with Crippen molar-refractivity contribution >= 4 is 21.6 Å². The lowest BCUT2D eigenvalue weighted by atomic mass is 9.99. The number of hydrogen-bond acceptors (Lipinski definition) is 4. The summed E-state index contributed by atoms with van der Waals surface area (Å²) < 4.78 is 23.8. The molecule has 1 aliphatic heterocycles. The van der Waals surface area contributed by atoms with Crippen LogP contribution in [-0.2, 0) is 35.6 Å². The van der Waals surface area contributed by atoms with Crippen molar-refractivity contribution in [1.82, 2.24) is 9.62 Å². The number of nitrogens with zero attached hydrogens (tertiary/aromatic N) is 1. The Balaban J connectivity index is 1.33. The summed E-state index contributed by atoms with van der Waals surface area (Å²) in [4.78, 5) is 15.4. The lowest BCUT2D eigenvalue weighted by Crippen LogP contribution is -2.34. The molecule has 1 heterocycles. The van der Waals surface area contributed by atoms with E-state index in [1.54, 1.807) is 12.1 Å². The SMILES string of the molecule is CN1CCC[C@@H]1c1ccc(S(=N)(=O)NC(=O)Nc2c3c(cc4c2CCC4)CCC3)cc1. The van der Waals surface area contributed by atoms with E-state index in [4.69, 9.17) is 4.78 Å². The summed E-state index contributed by atoms with van der Waals surface area (Å²) in [5, 5.41) is 2.97. The third-order valence-electron chi connectivity index (χ3n) is 7.07. The summed E-state index contributed by atoms with van der Waals surface area (Å²) in [6.07, 6.45) is 8.52. The second kappa shape index (κ2) is 7.95. The average molecular weight is 439 g/mol. The molecular weight excluding hydrogens is 408 g/mol. The molecule has 0 aromatic heterocycles. The van der Waals surface area contributed by atoms with Crippen molar-refractivity contribution < 1.29 is 9.00 Å². The lowest BCUT2D eigenvalue weighted by molar-refractivity contribution is 0.256. The zero-order valence-corrected chi connectivity index (χ0v) is 18.8. The molecule has 1 unspecified atom stereocenters. The number of amides is 2. The first kappa shape index (κ1) is 20.5. The molecule has 1 fully saturated rings. The van der Waals surface area contributed by atoms with Gasteiger partial charge in [0.15, 0.2) is 9.92 Å². The van der Waals surface area contributed by atoms with Crippen LogP contribution in [0.4, 0.5) is 10.5 Å². The van der Waals surface area contributed by atoms with Gasteiger partial charge in [-0.05, 0) is 105 Å². The fourth-order valence-electron chi connectivity index (χ4n) is 5.51. The van der Waals surface area contributed by atoms with Crippen molar-refractivity contribution in [3.05, 3.63) is 58.1 Å². The van der Waals surface area contributed by atoms with E-state index in [1.165, 1.54) is 34.2 Å². The standard InChI is InChI=1S/C24H30N4O2S/c1-28-14-4-9-22(28)16-10-12-19(13-11-16)31(25,30)27-24(29)26-23-20-7-2-5-17(20)15-18-6-3-8-21(18)23/h10-13,15,22H,2-9,14H2,1H3,(H3,25,26,27,29,30)/t22-,31?/m1/s1. The van der Waals surface area contributed by atoms with Gasteiger partial charge < -0.3 is 5.32 Å². The van der Waals surface area contributed by atoms with Gasteiger partial charge in [0.2, 0.25) is 0 Å². The first-order valence-electron chi connectivity index (χ1n) is 11.3. The van der Waals surface area contributed by atoms with Gasteiger partial charge in [0.05, 0.1) is 4.90 Å². The van der Waals surface area contributed by atoms with E-state index in [9.17, 15) is 9.00 Å². The third kappa shape index (κ3) is 3.85. The number of rotatable bonds is 4. The molecule has 2 atom stereocenters. The highest BCUT2D eigenvalue weighted by Gasteiger charge is 2.26. The molecule has 0 spiro atoms. The van der Waals surface area contributed by atoms with Crippen LogP contribution >= 0.6 is 0 Å². The Bertz CT molecular complexity index is 1090. The Morgan fingerprint density at radius 1 is 1.03 bits per heavy atom. The quantitative estimate of drug-likeness (QED) is 0.653. The topological polar surface area (TPSA) is 85.3 Å². The molecule has 2 aromatic carbocycles. The number of carbonyl (C=O) groups is 1. The molecule has 2 aliphatic carbocycles. The molecule has 0 bridgehead atoms. The molecule has 3 aliphatic rings. The summed E-state index contributed by atoms with van der Waals surface area (Å²) in [6, 6.07) is 9.43. The van der Waals surface area contributed by atoms with Crippen LogP contribution in [0, 0.1) is 4.78 Å². The van der Waals surface area contributed by atoms with Crippen LogP contribution in [0.25, 0.3) is 0 Å². The number of urea groups is 1. The van der Waals surface area contributed by atoms with Crippen LogP contribution in [0.15, 0.2) is 35.2 Å². The number of aryl methyl sites for hydroxylation is 2. The minimum atomic E-state index is -3.44. The number of fused-ring (bicyclic) bond motifs is 2. The van der Waals surface area contributed by atoms with Crippen molar-refractivity contribution in [3.63, 3.8) is 0 Å². The van der Waals surface area contributed by atoms with Gasteiger partial charge in [-0.15, -0.1) is 0 Å². The maximum absolute atomic E-state index is 13.0. The van der Waals surface area contributed by atoms with Crippen molar-refractivity contribution in [2.75, 3.05) is 18.9 Å². The van der Waals surface area contributed by atoms with Crippen molar-refractivity contribution in [3.8, 4) is 0 Å². The Hall–Kier alpha value is -2.38. The minimum absolute atomic E-state index is 0.329. The minimum Gasteiger partial charge on any atom is -0.307 e. The maximum Gasteiger partial charge on any atom is 0.331 e. The molecule has 0 saturated carbocycles. The summed E-state index contributed by atoms with van der Waals surface area (Å²) in [7, 11) is -1.32. The van der Waals surface area contributed by atoms with E-state index < -0.39 is 15.9 Å². The smallest absolute Gasteiger partial charge is 0.307 e. The summed E-state index contributed by atoms with van der Waals surface area (Å²) in [6.45, 7) is 1.08. The predicted octanol–water partition coefficient (Wildman–Crippen LogP) is 4.57. The second-order valence-corrected chi connectivity index (χ2v) is 10.8. The largest absolute Gasteiger partial charge is 0.331 e. The van der Waals surface area contributed by atoms with E-state index in [0.29, 0.717) is 10.9 Å². The van der Waals surface area contributed by atoms with Crippen LogP contribution in [0.5, 0.6) is 0 Å². The fourth-order valence-corrected chi connectivity index (χ4v) is 6.46. The Morgan fingerprint density at radius 2 is 1.68 bits per heavy atom. The first-order chi connectivity index (χ1) is 14.9. The molecule has 164 valence electrons. The zero-order valence-electron chi connectivity index (χ0n) is 18.0. The van der Waals surface area contributed by atoms with Gasteiger partial charge >= 0.3 is 6.03 Å². The highest BCUT2D eigenvalue weighted by atomic mass is 32.2. The molecule has 3 N–H and O–H groups in total. The Labute approximate surface area is 184 Å². The first-order valence-corrected chi connectivity index (χ1v) is 12.8. The van der Waals surface area contributed by atoms with Crippen molar-refractivity contribution in [2.24, 2.45) is 0 Å². The van der Waals surface area contributed by atoms with Crippen molar-refractivity contribution in [1.29, 1.82) is 4.78 Å². The van der Waals surface area contributed by atoms with E-state index in [2.05, 4.69) is 28.1 Å². The monoisotopic (exact) mass is 438 g/mol. The second-order valence-electron chi connectivity index (χ2n) is 9.05. The molecule has 2 aromatic rings. The van der Waals surface area contributed by atoms with E-state index in [-0.39, 0.29) is 0 Å². The van der Waals surface area contributed by atoms with Gasteiger partial charge in [-0.25, -0.2) is 18.5 Å². The summed E-state index contributed by atoms with van der Waals surface area (Å²) in [5.74, 6) is 0. The molecule has 31 heavy (non-hydrogen) atoms. The number of nitrogens with one attached hydrogen (secondary N) is 3. The number of hydrogen-bond donors (Lipinski definition) is 3. The Kier molecular flexibility index (Phi) is 5.26. The highest BCUT2D eigenvalue weighted by molar-refractivity contribution is 7.91. The molecule has 1 saturated heterocycles. The van der Waals surface area contributed by atoms with Crippen LogP contribution in [0.1, 0.15) is 59.5 Å². The molecular formula is C24H30N4O2S. The summed E-state index contributed by atoms with van der Waals surface area (Å²) in [5.41, 5.74) is 7.16. The van der Waals surface area contributed by atoms with E-state index in [0.717, 1.165) is 57.2 Å². The maximum atomic E-state index is 13.0. The van der Waals surface area contributed by atoms with Crippen LogP contribution in [0.2, 0.25) is 0 Å². The molecule has 6 nitrogen and oxygen atoms in total. The highest BCUT2D eigenvalue weighted by Crippen LogP contribution is 2.38. The fraction of sp³-hybridized carbons (Fsp3) is 0.458. The zero-order chi connectivity index (χ0) is 21.6. The van der Waals surface area contributed by atoms with Crippen LogP contribution < -0.4 is 10.0 Å². The molecule has 7 heteroatoms. The van der Waals surface area contributed by atoms with E-state index >= 15 is 0 Å². The number of carbonyl (C=O) groups excluding carboxylic acids is 1. The van der Waals surface area contributed by atoms with Gasteiger partial charge in [0.25, 0.3) is 0 Å². The van der Waals surface area contributed by atoms with Crippen LogP contribution in [0.3, 0.4) is 0 Å². The van der Waals surface area contributed by atoms with Gasteiger partial charge in [-0.2, -0.15) is 0 Å². The molecule has 2 amide bonds. The number of anilines is 1. The Morgan fingerprint density at radius 3 is 2.26 bits per heavy atom. The van der Waals surface area contributed by atoms with Crippen molar-refractivity contribution in [2.45, 2.75) is 62.3 Å². The number of benzene rings is 2. The van der Waals surface area contributed by atoms with Gasteiger partial charge in [-0.3, -0.25) is 4.90 Å². The average Bonchev–Trinajstić information content (AvgIpc) is 3.48. The van der Waals surface area contributed by atoms with Gasteiger partial charge in [0.1, 0.15) is 0 Å². The lowest BCUT2D eigenvalue weighted by Gasteiger charge is -2.20.